The van der Waals surface area contributed by atoms with Crippen molar-refractivity contribution in [3.8, 4) is 45.5 Å². The van der Waals surface area contributed by atoms with Crippen LogP contribution in [0.1, 0.15) is 24.0 Å². The Morgan fingerprint density at radius 3 is 1.75 bits per heavy atom. The minimum Gasteiger partial charge on any atom is -0.481 e. The summed E-state index contributed by atoms with van der Waals surface area (Å²) in [5.41, 5.74) is 5.84. The van der Waals surface area contributed by atoms with Crippen LogP contribution in [0.25, 0.3) is 33.8 Å². The van der Waals surface area contributed by atoms with Crippen LogP contribution in [-0.2, 0) is 13.1 Å². The molecule has 2 fully saturated rings. The highest BCUT2D eigenvalue weighted by Gasteiger charge is 2.24. The van der Waals surface area contributed by atoms with Crippen molar-refractivity contribution in [2.24, 2.45) is 0 Å². The molecule has 0 saturated carbocycles. The van der Waals surface area contributed by atoms with E-state index in [-0.39, 0.29) is 12.2 Å². The molecular formula is C33H35Cl2N5O4. The number of aromatic nitrogens is 3. The van der Waals surface area contributed by atoms with E-state index in [1.165, 1.54) is 0 Å². The summed E-state index contributed by atoms with van der Waals surface area (Å²) in [5.74, 6) is 1.04. The zero-order valence-electron chi connectivity index (χ0n) is 24.7. The van der Waals surface area contributed by atoms with Gasteiger partial charge in [-0.05, 0) is 31.0 Å². The Morgan fingerprint density at radius 1 is 0.727 bits per heavy atom. The number of rotatable bonds is 9. The quantitative estimate of drug-likeness (QED) is 0.252. The Morgan fingerprint density at radius 2 is 1.25 bits per heavy atom. The first-order valence-electron chi connectivity index (χ1n) is 14.7. The molecule has 2 aliphatic heterocycles. The van der Waals surface area contributed by atoms with Gasteiger partial charge in [-0.2, -0.15) is 0 Å². The van der Waals surface area contributed by atoms with E-state index >= 15 is 0 Å². The summed E-state index contributed by atoms with van der Waals surface area (Å²) < 4.78 is 11.3. The van der Waals surface area contributed by atoms with Gasteiger partial charge in [0.05, 0.1) is 53.6 Å². The maximum absolute atomic E-state index is 9.90. The molecular weight excluding hydrogens is 601 g/mol. The third kappa shape index (κ3) is 6.40. The first kappa shape index (κ1) is 30.7. The second-order valence-corrected chi connectivity index (χ2v) is 12.0. The maximum atomic E-state index is 9.90. The second-order valence-electron chi connectivity index (χ2n) is 11.3. The molecule has 3 aromatic heterocycles. The van der Waals surface area contributed by atoms with Gasteiger partial charge in [0.2, 0.25) is 11.8 Å². The smallest absolute Gasteiger partial charge is 0.218 e. The van der Waals surface area contributed by atoms with Gasteiger partial charge in [-0.3, -0.25) is 14.8 Å². The topological polar surface area (TPSA) is 104 Å². The van der Waals surface area contributed by atoms with Gasteiger partial charge in [0.25, 0.3) is 0 Å². The molecule has 5 heterocycles. The van der Waals surface area contributed by atoms with Crippen molar-refractivity contribution in [1.82, 2.24) is 24.8 Å². The average molecular weight is 637 g/mol. The number of β-amino-alcohol motifs (C(OH)–C–C–N with tert-alkyl or cyclic N) is 2. The highest BCUT2D eigenvalue weighted by molar-refractivity contribution is 6.39. The molecule has 2 N–H and O–H groups in total. The molecule has 6 rings (SSSR count). The van der Waals surface area contributed by atoms with Gasteiger partial charge in [0, 0.05) is 73.3 Å². The fourth-order valence-electron chi connectivity index (χ4n) is 5.97. The molecule has 0 bridgehead atoms. The number of hydrogen-bond acceptors (Lipinski definition) is 9. The van der Waals surface area contributed by atoms with Crippen molar-refractivity contribution in [3.63, 3.8) is 0 Å². The minimum absolute atomic E-state index is 0.290. The van der Waals surface area contributed by atoms with Gasteiger partial charge >= 0.3 is 0 Å². The summed E-state index contributed by atoms with van der Waals surface area (Å²) in [6.07, 6.45) is 2.65. The lowest BCUT2D eigenvalue weighted by atomic mass is 10.0. The van der Waals surface area contributed by atoms with Crippen LogP contribution in [-0.4, -0.2) is 87.6 Å². The van der Waals surface area contributed by atoms with E-state index in [4.69, 9.17) is 42.6 Å². The number of aliphatic hydroxyl groups excluding tert-OH is 2. The molecule has 230 valence electrons. The van der Waals surface area contributed by atoms with Crippen LogP contribution < -0.4 is 9.47 Å². The highest BCUT2D eigenvalue weighted by atomic mass is 35.5. The lowest BCUT2D eigenvalue weighted by Crippen LogP contribution is -2.22. The van der Waals surface area contributed by atoms with Gasteiger partial charge in [-0.25, -0.2) is 9.97 Å². The second kappa shape index (κ2) is 13.4. The van der Waals surface area contributed by atoms with Gasteiger partial charge in [0.1, 0.15) is 0 Å². The van der Waals surface area contributed by atoms with Crippen LogP contribution in [0, 0.1) is 0 Å². The summed E-state index contributed by atoms with van der Waals surface area (Å²) in [4.78, 5) is 18.5. The molecule has 0 spiro atoms. The molecule has 2 saturated heterocycles. The van der Waals surface area contributed by atoms with Crippen molar-refractivity contribution in [3.05, 3.63) is 75.9 Å². The van der Waals surface area contributed by atoms with E-state index in [9.17, 15) is 10.2 Å². The van der Waals surface area contributed by atoms with E-state index in [0.29, 0.717) is 76.2 Å². The predicted molar refractivity (Wildman–Crippen MR) is 171 cm³/mol. The molecule has 0 unspecified atom stereocenters. The van der Waals surface area contributed by atoms with Crippen molar-refractivity contribution in [2.75, 3.05) is 40.4 Å². The molecule has 44 heavy (non-hydrogen) atoms. The number of methoxy groups -OCH3 is 2. The minimum atomic E-state index is -0.291. The highest BCUT2D eigenvalue weighted by Crippen LogP contribution is 2.41. The number of hydrogen-bond donors (Lipinski definition) is 2. The van der Waals surface area contributed by atoms with Crippen LogP contribution in [0.5, 0.6) is 11.8 Å². The Bertz CT molecular complexity index is 1530. The van der Waals surface area contributed by atoms with Crippen LogP contribution >= 0.6 is 23.2 Å². The number of likely N-dealkylation sites (tertiary alicyclic amines) is 2. The number of nitrogens with zero attached hydrogens (tertiary/aromatic N) is 5. The zero-order chi connectivity index (χ0) is 30.8. The standard InChI is InChI=1S/C33H35Cl2N5O4/c1-43-32-20(16-39-14-11-22(41)18-39)6-8-27(37-32)24-4-3-5-26(29(24)34)31-30(35)25(10-13-36-31)28-9-7-21(33(38-28)44-2)17-40-15-12-23(42)19-40/h3-10,13,22-23,41-42H,11-12,14-19H2,1-2H3/t22-,23-/m0/s1. The van der Waals surface area contributed by atoms with Gasteiger partial charge in [-0.15, -0.1) is 0 Å². The van der Waals surface area contributed by atoms with Gasteiger partial charge in [-0.1, -0.05) is 53.5 Å². The van der Waals surface area contributed by atoms with Crippen molar-refractivity contribution in [2.45, 2.75) is 38.1 Å². The van der Waals surface area contributed by atoms with Crippen LogP contribution in [0.15, 0.2) is 54.7 Å². The monoisotopic (exact) mass is 635 g/mol. The summed E-state index contributed by atoms with van der Waals surface area (Å²) in [5, 5.41) is 20.7. The number of ether oxygens (including phenoxy) is 2. The summed E-state index contributed by atoms with van der Waals surface area (Å²) in [6, 6.07) is 15.4. The van der Waals surface area contributed by atoms with E-state index in [2.05, 4.69) is 14.8 Å². The maximum Gasteiger partial charge on any atom is 0.218 e. The van der Waals surface area contributed by atoms with Gasteiger partial charge in [0.15, 0.2) is 0 Å². The number of pyridine rings is 3. The Labute approximate surface area is 267 Å². The lowest BCUT2D eigenvalue weighted by molar-refractivity contribution is 0.174. The Hall–Kier alpha value is -3.31. The fourth-order valence-corrected chi connectivity index (χ4v) is 6.59. The van der Waals surface area contributed by atoms with Crippen LogP contribution in [0.2, 0.25) is 10.0 Å². The third-order valence-electron chi connectivity index (χ3n) is 8.24. The molecule has 11 heteroatoms. The summed E-state index contributed by atoms with van der Waals surface area (Å²) >= 11 is 14.0. The molecule has 0 amide bonds. The number of benzene rings is 1. The Balaban J connectivity index is 1.29. The molecule has 1 aromatic carbocycles. The van der Waals surface area contributed by atoms with E-state index in [1.54, 1.807) is 20.4 Å². The molecule has 0 radical (unpaired) electrons. The van der Waals surface area contributed by atoms with Crippen molar-refractivity contribution in [1.29, 1.82) is 0 Å². The first-order valence-corrected chi connectivity index (χ1v) is 15.4. The van der Waals surface area contributed by atoms with E-state index in [0.717, 1.165) is 42.6 Å². The van der Waals surface area contributed by atoms with Crippen LogP contribution in [0.3, 0.4) is 0 Å². The number of halogens is 2. The first-order chi connectivity index (χ1) is 21.3. The zero-order valence-corrected chi connectivity index (χ0v) is 26.2. The van der Waals surface area contributed by atoms with E-state index < -0.39 is 0 Å². The summed E-state index contributed by atoms with van der Waals surface area (Å²) in [6.45, 7) is 4.24. The normalized spacial score (nSPS) is 19.0. The molecule has 4 aromatic rings. The molecule has 2 aliphatic rings. The molecule has 9 nitrogen and oxygen atoms in total. The molecule has 0 aliphatic carbocycles. The van der Waals surface area contributed by atoms with Gasteiger partial charge < -0.3 is 19.7 Å². The average Bonchev–Trinajstić information content (AvgIpc) is 3.64. The van der Waals surface area contributed by atoms with E-state index in [1.807, 2.05) is 48.5 Å². The van der Waals surface area contributed by atoms with Crippen molar-refractivity contribution >= 4 is 23.2 Å². The SMILES string of the molecule is COc1nc(-c2cccc(-c3nccc(-c4ccc(CN5CC[C@H](O)C5)c(OC)n4)c3Cl)c2Cl)ccc1CN1CC[C@H](O)C1. The Kier molecular flexibility index (Phi) is 9.32. The third-order valence-corrected chi connectivity index (χ3v) is 9.03. The van der Waals surface area contributed by atoms with Crippen LogP contribution in [0.4, 0.5) is 0 Å². The summed E-state index contributed by atoms with van der Waals surface area (Å²) in [7, 11) is 3.21. The lowest BCUT2D eigenvalue weighted by Gasteiger charge is -2.18. The van der Waals surface area contributed by atoms with Crippen molar-refractivity contribution < 1.29 is 19.7 Å². The molecule has 2 atom stereocenters. The predicted octanol–water partition coefficient (Wildman–Crippen LogP) is 5.33. The largest absolute Gasteiger partial charge is 0.481 e. The fraction of sp³-hybridized carbons (Fsp3) is 0.364. The number of aliphatic hydroxyl groups is 2.